The maximum Gasteiger partial charge on any atom is 0.200 e. The van der Waals surface area contributed by atoms with Crippen LogP contribution in [0.15, 0.2) is 23.0 Å². The van der Waals surface area contributed by atoms with Gasteiger partial charge >= 0.3 is 0 Å². The van der Waals surface area contributed by atoms with Gasteiger partial charge in [0.1, 0.15) is 0 Å². The molecule has 22 heavy (non-hydrogen) atoms. The smallest absolute Gasteiger partial charge is 0.200 e. The SMILES string of the molecule is CCCCCC1CC(=O)c2c([nH]c3ccc(Cl)cc3c2=O)C1. The molecule has 2 aromatic rings. The minimum atomic E-state index is -0.178. The summed E-state index contributed by atoms with van der Waals surface area (Å²) >= 11 is 5.97. The third kappa shape index (κ3) is 2.82. The maximum absolute atomic E-state index is 12.6. The number of Topliss-reactive ketones (excluding diaryl/α,β-unsaturated/α-hetero) is 1. The molecule has 0 bridgehead atoms. The Kier molecular flexibility index (Phi) is 4.34. The molecule has 0 saturated carbocycles. The van der Waals surface area contributed by atoms with Gasteiger partial charge in [-0.2, -0.15) is 0 Å². The number of fused-ring (bicyclic) bond motifs is 2. The zero-order valence-electron chi connectivity index (χ0n) is 12.7. The minimum Gasteiger partial charge on any atom is -0.358 e. The highest BCUT2D eigenvalue weighted by atomic mass is 35.5. The monoisotopic (exact) mass is 317 g/mol. The fourth-order valence-corrected chi connectivity index (χ4v) is 3.54. The summed E-state index contributed by atoms with van der Waals surface area (Å²) in [4.78, 5) is 28.3. The highest BCUT2D eigenvalue weighted by molar-refractivity contribution is 6.31. The molecule has 1 aromatic carbocycles. The molecular formula is C18H20ClNO2. The van der Waals surface area contributed by atoms with Gasteiger partial charge in [0, 0.05) is 28.0 Å². The number of ketones is 1. The molecule has 4 heteroatoms. The first-order valence-corrected chi connectivity index (χ1v) is 8.35. The van der Waals surface area contributed by atoms with Gasteiger partial charge in [-0.15, -0.1) is 0 Å². The molecule has 1 unspecified atom stereocenters. The summed E-state index contributed by atoms with van der Waals surface area (Å²) in [7, 11) is 0. The van der Waals surface area contributed by atoms with E-state index in [9.17, 15) is 9.59 Å². The van der Waals surface area contributed by atoms with Crippen molar-refractivity contribution in [2.45, 2.75) is 45.4 Å². The molecule has 1 aliphatic carbocycles. The quantitative estimate of drug-likeness (QED) is 0.844. The zero-order chi connectivity index (χ0) is 15.7. The Hall–Kier alpha value is -1.61. The summed E-state index contributed by atoms with van der Waals surface area (Å²) in [6.45, 7) is 2.18. The number of rotatable bonds is 4. The van der Waals surface area contributed by atoms with Crippen molar-refractivity contribution in [2.75, 3.05) is 0 Å². The first kappa shape index (κ1) is 15.3. The molecule has 1 atom stereocenters. The predicted molar refractivity (Wildman–Crippen MR) is 89.9 cm³/mol. The number of carbonyl (C=O) groups excluding carboxylic acids is 1. The van der Waals surface area contributed by atoms with Gasteiger partial charge in [-0.05, 0) is 37.0 Å². The van der Waals surface area contributed by atoms with Crippen LogP contribution in [0.3, 0.4) is 0 Å². The van der Waals surface area contributed by atoms with Crippen LogP contribution in [-0.2, 0) is 6.42 Å². The number of nitrogens with one attached hydrogen (secondary N) is 1. The summed E-state index contributed by atoms with van der Waals surface area (Å²) < 4.78 is 0. The van der Waals surface area contributed by atoms with Crippen LogP contribution in [0.4, 0.5) is 0 Å². The van der Waals surface area contributed by atoms with E-state index < -0.39 is 0 Å². The van der Waals surface area contributed by atoms with Crippen LogP contribution in [0, 0.1) is 5.92 Å². The van der Waals surface area contributed by atoms with E-state index in [2.05, 4.69) is 11.9 Å². The summed E-state index contributed by atoms with van der Waals surface area (Å²) in [5.41, 5.74) is 1.73. The van der Waals surface area contributed by atoms with Crippen molar-refractivity contribution in [1.82, 2.24) is 4.98 Å². The van der Waals surface area contributed by atoms with E-state index >= 15 is 0 Å². The van der Waals surface area contributed by atoms with Gasteiger partial charge in [0.25, 0.3) is 0 Å². The molecule has 116 valence electrons. The summed E-state index contributed by atoms with van der Waals surface area (Å²) in [6.07, 6.45) is 5.87. The van der Waals surface area contributed by atoms with Gasteiger partial charge in [0.2, 0.25) is 5.43 Å². The van der Waals surface area contributed by atoms with E-state index in [1.807, 2.05) is 6.07 Å². The topological polar surface area (TPSA) is 49.9 Å². The minimum absolute atomic E-state index is 0.0223. The Morgan fingerprint density at radius 3 is 2.82 bits per heavy atom. The van der Waals surface area contributed by atoms with Crippen molar-refractivity contribution in [3.05, 3.63) is 44.7 Å². The summed E-state index contributed by atoms with van der Waals surface area (Å²) in [5, 5.41) is 1.02. The molecule has 3 nitrogen and oxygen atoms in total. The standard InChI is InChI=1S/C18H20ClNO2/c1-2-3-4-5-11-8-15-17(16(21)9-11)18(22)13-10-12(19)6-7-14(13)20-15/h6-7,10-11H,2-5,8-9H2,1H3,(H,20,22). The molecule has 0 amide bonds. The lowest BCUT2D eigenvalue weighted by molar-refractivity contribution is 0.0943. The second-order valence-corrected chi connectivity index (χ2v) is 6.63. The molecule has 0 fully saturated rings. The van der Waals surface area contributed by atoms with Crippen molar-refractivity contribution in [1.29, 1.82) is 0 Å². The van der Waals surface area contributed by atoms with Crippen molar-refractivity contribution in [2.24, 2.45) is 5.92 Å². The molecular weight excluding hydrogens is 298 g/mol. The fourth-order valence-electron chi connectivity index (χ4n) is 3.37. The Morgan fingerprint density at radius 2 is 2.05 bits per heavy atom. The number of hydrogen-bond donors (Lipinski definition) is 1. The number of aromatic amines is 1. The van der Waals surface area contributed by atoms with Crippen LogP contribution >= 0.6 is 11.6 Å². The molecule has 0 saturated heterocycles. The summed E-state index contributed by atoms with van der Waals surface area (Å²) in [5.74, 6) is 0.331. The second-order valence-electron chi connectivity index (χ2n) is 6.19. The first-order valence-electron chi connectivity index (χ1n) is 7.97. The van der Waals surface area contributed by atoms with E-state index in [1.54, 1.807) is 12.1 Å². The molecule has 0 spiro atoms. The number of benzene rings is 1. The maximum atomic E-state index is 12.6. The normalized spacial score (nSPS) is 17.7. The fraction of sp³-hybridized carbons (Fsp3) is 0.444. The number of halogens is 1. The van der Waals surface area contributed by atoms with Crippen LogP contribution in [0.25, 0.3) is 10.9 Å². The Labute approximate surface area is 134 Å². The third-order valence-corrected chi connectivity index (χ3v) is 4.74. The largest absolute Gasteiger partial charge is 0.358 e. The van der Waals surface area contributed by atoms with Crippen molar-refractivity contribution in [3.8, 4) is 0 Å². The van der Waals surface area contributed by atoms with Crippen LogP contribution in [0.2, 0.25) is 5.02 Å². The highest BCUT2D eigenvalue weighted by Gasteiger charge is 2.28. The van der Waals surface area contributed by atoms with Crippen LogP contribution in [-0.4, -0.2) is 10.8 Å². The van der Waals surface area contributed by atoms with Gasteiger partial charge in [0.05, 0.1) is 5.56 Å². The molecule has 1 aromatic heterocycles. The van der Waals surface area contributed by atoms with E-state index in [4.69, 9.17) is 11.6 Å². The van der Waals surface area contributed by atoms with E-state index in [1.165, 1.54) is 12.8 Å². The molecule has 0 aliphatic heterocycles. The summed E-state index contributed by atoms with van der Waals surface area (Å²) in [6, 6.07) is 5.21. The average Bonchev–Trinajstić information content (AvgIpc) is 2.48. The number of carbonyl (C=O) groups is 1. The lowest BCUT2D eigenvalue weighted by Crippen LogP contribution is -2.28. The number of H-pyrrole nitrogens is 1. The molecule has 3 rings (SSSR count). The van der Waals surface area contributed by atoms with E-state index in [-0.39, 0.29) is 11.2 Å². The van der Waals surface area contributed by atoms with Crippen LogP contribution < -0.4 is 5.43 Å². The number of unbranched alkanes of at least 4 members (excludes halogenated alkanes) is 2. The zero-order valence-corrected chi connectivity index (χ0v) is 13.5. The van der Waals surface area contributed by atoms with Gasteiger partial charge in [0.15, 0.2) is 5.78 Å². The van der Waals surface area contributed by atoms with Crippen molar-refractivity contribution >= 4 is 28.3 Å². The van der Waals surface area contributed by atoms with Crippen molar-refractivity contribution in [3.63, 3.8) is 0 Å². The number of hydrogen-bond acceptors (Lipinski definition) is 2. The highest BCUT2D eigenvalue weighted by Crippen LogP contribution is 2.28. The van der Waals surface area contributed by atoms with Gasteiger partial charge in [-0.1, -0.05) is 37.8 Å². The van der Waals surface area contributed by atoms with E-state index in [0.29, 0.717) is 28.3 Å². The van der Waals surface area contributed by atoms with Gasteiger partial charge in [-0.3, -0.25) is 9.59 Å². The van der Waals surface area contributed by atoms with Crippen LogP contribution in [0.1, 0.15) is 55.1 Å². The Balaban J connectivity index is 1.99. The average molecular weight is 318 g/mol. The van der Waals surface area contributed by atoms with Crippen LogP contribution in [0.5, 0.6) is 0 Å². The molecule has 1 heterocycles. The number of aromatic nitrogens is 1. The molecule has 1 N–H and O–H groups in total. The molecule has 0 radical (unpaired) electrons. The predicted octanol–water partition coefficient (Wildman–Crippen LogP) is 4.51. The lowest BCUT2D eigenvalue weighted by Gasteiger charge is -2.23. The third-order valence-electron chi connectivity index (χ3n) is 4.50. The van der Waals surface area contributed by atoms with Crippen molar-refractivity contribution < 1.29 is 4.79 Å². The Morgan fingerprint density at radius 1 is 1.23 bits per heavy atom. The second kappa shape index (κ2) is 6.25. The van der Waals surface area contributed by atoms with Gasteiger partial charge < -0.3 is 4.98 Å². The lowest BCUT2D eigenvalue weighted by atomic mass is 9.82. The number of pyridine rings is 1. The Bertz CT molecular complexity index is 778. The molecule has 1 aliphatic rings. The first-order chi connectivity index (χ1) is 10.6. The van der Waals surface area contributed by atoms with E-state index in [0.717, 1.165) is 30.5 Å². The van der Waals surface area contributed by atoms with Gasteiger partial charge in [-0.25, -0.2) is 0 Å².